The normalized spacial score (nSPS) is 12.5. The SMILES string of the molecule is COc1c(F)cc(C(=O)NCc2cncc3c2OCC3)cc1F. The van der Waals surface area contributed by atoms with Crippen LogP contribution in [0.1, 0.15) is 21.5 Å². The van der Waals surface area contributed by atoms with Gasteiger partial charge in [-0.3, -0.25) is 9.78 Å². The van der Waals surface area contributed by atoms with Crippen LogP contribution >= 0.6 is 0 Å². The maximum Gasteiger partial charge on any atom is 0.251 e. The first-order chi connectivity index (χ1) is 11.1. The molecule has 2 aromatic rings. The minimum Gasteiger partial charge on any atom is -0.492 e. The van der Waals surface area contributed by atoms with E-state index in [0.717, 1.165) is 36.8 Å². The molecule has 120 valence electrons. The van der Waals surface area contributed by atoms with Gasteiger partial charge in [-0.2, -0.15) is 0 Å². The molecular weight excluding hydrogens is 306 g/mol. The summed E-state index contributed by atoms with van der Waals surface area (Å²) in [4.78, 5) is 16.2. The number of rotatable bonds is 4. The van der Waals surface area contributed by atoms with Gasteiger partial charge in [0.05, 0.1) is 13.7 Å². The third-order valence-electron chi connectivity index (χ3n) is 3.57. The van der Waals surface area contributed by atoms with Gasteiger partial charge in [-0.25, -0.2) is 8.78 Å². The molecule has 0 aliphatic carbocycles. The zero-order valence-electron chi connectivity index (χ0n) is 12.4. The molecule has 23 heavy (non-hydrogen) atoms. The quantitative estimate of drug-likeness (QED) is 0.938. The van der Waals surface area contributed by atoms with Crippen molar-refractivity contribution in [3.63, 3.8) is 0 Å². The number of halogens is 2. The van der Waals surface area contributed by atoms with Crippen molar-refractivity contribution in [2.24, 2.45) is 0 Å². The average molecular weight is 320 g/mol. The number of nitrogens with zero attached hydrogens (tertiary/aromatic N) is 1. The van der Waals surface area contributed by atoms with Gasteiger partial charge in [-0.15, -0.1) is 0 Å². The fraction of sp³-hybridized carbons (Fsp3) is 0.250. The van der Waals surface area contributed by atoms with Crippen LogP contribution in [-0.2, 0) is 13.0 Å². The van der Waals surface area contributed by atoms with Crippen molar-refractivity contribution in [3.8, 4) is 11.5 Å². The number of hydrogen-bond donors (Lipinski definition) is 1. The Hall–Kier alpha value is -2.70. The molecule has 3 rings (SSSR count). The lowest BCUT2D eigenvalue weighted by molar-refractivity contribution is 0.0949. The molecule has 7 heteroatoms. The standard InChI is InChI=1S/C16H14F2N2O3/c1-22-15-12(17)4-10(5-13(15)18)16(21)20-8-11-7-19-6-9-2-3-23-14(9)11/h4-7H,2-3,8H2,1H3,(H,20,21). The Morgan fingerprint density at radius 3 is 2.78 bits per heavy atom. The summed E-state index contributed by atoms with van der Waals surface area (Å²) in [5.74, 6) is -2.25. The molecule has 0 unspecified atom stereocenters. The summed E-state index contributed by atoms with van der Waals surface area (Å²) in [6, 6.07) is 1.86. The molecule has 0 atom stereocenters. The van der Waals surface area contributed by atoms with E-state index in [1.54, 1.807) is 12.4 Å². The largest absolute Gasteiger partial charge is 0.492 e. The molecule has 0 bridgehead atoms. The lowest BCUT2D eigenvalue weighted by Gasteiger charge is -2.10. The predicted octanol–water partition coefficient (Wildman–Crippen LogP) is 2.23. The van der Waals surface area contributed by atoms with Gasteiger partial charge in [0, 0.05) is 42.0 Å². The van der Waals surface area contributed by atoms with Crippen molar-refractivity contribution in [3.05, 3.63) is 52.9 Å². The van der Waals surface area contributed by atoms with Crippen LogP contribution in [-0.4, -0.2) is 24.6 Å². The Labute approximate surface area is 131 Å². The Balaban J connectivity index is 1.75. The molecule has 1 aromatic heterocycles. The molecule has 0 radical (unpaired) electrons. The highest BCUT2D eigenvalue weighted by atomic mass is 19.1. The Morgan fingerprint density at radius 2 is 2.09 bits per heavy atom. The van der Waals surface area contributed by atoms with Crippen LogP contribution in [0, 0.1) is 11.6 Å². The third-order valence-corrected chi connectivity index (χ3v) is 3.57. The van der Waals surface area contributed by atoms with Crippen molar-refractivity contribution in [2.75, 3.05) is 13.7 Å². The highest BCUT2D eigenvalue weighted by Gasteiger charge is 2.19. The molecule has 0 saturated heterocycles. The number of benzene rings is 1. The van der Waals surface area contributed by atoms with E-state index in [2.05, 4.69) is 15.0 Å². The Morgan fingerprint density at radius 1 is 1.35 bits per heavy atom. The van der Waals surface area contributed by atoms with Crippen molar-refractivity contribution in [2.45, 2.75) is 13.0 Å². The van der Waals surface area contributed by atoms with E-state index in [1.165, 1.54) is 0 Å². The zero-order chi connectivity index (χ0) is 16.4. The monoisotopic (exact) mass is 320 g/mol. The van der Waals surface area contributed by atoms with Crippen LogP contribution in [0.3, 0.4) is 0 Å². The molecule has 5 nitrogen and oxygen atoms in total. The molecule has 1 aliphatic heterocycles. The summed E-state index contributed by atoms with van der Waals surface area (Å²) >= 11 is 0. The Kier molecular flexibility index (Phi) is 4.10. The number of pyridine rings is 1. The maximum absolute atomic E-state index is 13.6. The van der Waals surface area contributed by atoms with E-state index in [0.29, 0.717) is 12.4 Å². The van der Waals surface area contributed by atoms with Gasteiger partial charge in [0.15, 0.2) is 17.4 Å². The number of methoxy groups -OCH3 is 1. The molecule has 2 heterocycles. The second-order valence-corrected chi connectivity index (χ2v) is 5.04. The molecule has 1 aliphatic rings. The number of carbonyl (C=O) groups excluding carboxylic acids is 1. The van der Waals surface area contributed by atoms with E-state index in [-0.39, 0.29) is 12.1 Å². The van der Waals surface area contributed by atoms with E-state index < -0.39 is 23.3 Å². The van der Waals surface area contributed by atoms with Crippen LogP contribution in [0.15, 0.2) is 24.5 Å². The number of fused-ring (bicyclic) bond motifs is 1. The minimum atomic E-state index is -0.928. The molecule has 0 fully saturated rings. The molecule has 1 aromatic carbocycles. The molecular formula is C16H14F2N2O3. The van der Waals surface area contributed by atoms with E-state index in [4.69, 9.17) is 4.74 Å². The van der Waals surface area contributed by atoms with Gasteiger partial charge in [-0.1, -0.05) is 0 Å². The fourth-order valence-electron chi connectivity index (χ4n) is 2.46. The predicted molar refractivity (Wildman–Crippen MR) is 77.5 cm³/mol. The summed E-state index contributed by atoms with van der Waals surface area (Å²) in [5.41, 5.74) is 1.59. The van der Waals surface area contributed by atoms with E-state index >= 15 is 0 Å². The lowest BCUT2D eigenvalue weighted by Crippen LogP contribution is -2.23. The first kappa shape index (κ1) is 15.2. The second-order valence-electron chi connectivity index (χ2n) is 5.04. The van der Waals surface area contributed by atoms with Crippen LogP contribution in [0.25, 0.3) is 0 Å². The number of ether oxygens (including phenoxy) is 2. The summed E-state index contributed by atoms with van der Waals surface area (Å²) in [7, 11) is 1.16. The van der Waals surface area contributed by atoms with Crippen molar-refractivity contribution >= 4 is 5.91 Å². The zero-order valence-corrected chi connectivity index (χ0v) is 12.4. The van der Waals surface area contributed by atoms with Gasteiger partial charge in [-0.05, 0) is 12.1 Å². The van der Waals surface area contributed by atoms with Gasteiger partial charge >= 0.3 is 0 Å². The van der Waals surface area contributed by atoms with Gasteiger partial charge in [0.2, 0.25) is 0 Å². The lowest BCUT2D eigenvalue weighted by atomic mass is 10.1. The summed E-state index contributed by atoms with van der Waals surface area (Å²) in [6.45, 7) is 0.737. The van der Waals surface area contributed by atoms with E-state index in [9.17, 15) is 13.6 Å². The topological polar surface area (TPSA) is 60.5 Å². The molecule has 1 N–H and O–H groups in total. The van der Waals surface area contributed by atoms with Gasteiger partial charge in [0.1, 0.15) is 5.75 Å². The highest BCUT2D eigenvalue weighted by Crippen LogP contribution is 2.28. The fourth-order valence-corrected chi connectivity index (χ4v) is 2.46. The molecule has 1 amide bonds. The van der Waals surface area contributed by atoms with E-state index in [1.807, 2.05) is 0 Å². The number of carbonyl (C=O) groups is 1. The number of aromatic nitrogens is 1. The van der Waals surface area contributed by atoms with Crippen LogP contribution in [0.4, 0.5) is 8.78 Å². The third kappa shape index (κ3) is 2.94. The van der Waals surface area contributed by atoms with Crippen molar-refractivity contribution < 1.29 is 23.0 Å². The first-order valence-electron chi connectivity index (χ1n) is 7.00. The van der Waals surface area contributed by atoms with Crippen molar-refractivity contribution in [1.29, 1.82) is 0 Å². The van der Waals surface area contributed by atoms with Gasteiger partial charge in [0.25, 0.3) is 5.91 Å². The summed E-state index contributed by atoms with van der Waals surface area (Å²) in [5, 5.41) is 2.60. The van der Waals surface area contributed by atoms with Gasteiger partial charge < -0.3 is 14.8 Å². The van der Waals surface area contributed by atoms with Crippen LogP contribution < -0.4 is 14.8 Å². The average Bonchev–Trinajstić information content (AvgIpc) is 3.01. The van der Waals surface area contributed by atoms with Crippen molar-refractivity contribution in [1.82, 2.24) is 10.3 Å². The number of hydrogen-bond acceptors (Lipinski definition) is 4. The van der Waals surface area contributed by atoms with Crippen LogP contribution in [0.5, 0.6) is 11.5 Å². The Bertz CT molecular complexity index is 742. The second kappa shape index (κ2) is 6.20. The summed E-state index contributed by atoms with van der Waals surface area (Å²) < 4.78 is 37.4. The molecule has 0 saturated carbocycles. The minimum absolute atomic E-state index is 0.123. The number of nitrogens with one attached hydrogen (secondary N) is 1. The molecule has 0 spiro atoms. The first-order valence-corrected chi connectivity index (χ1v) is 7.00. The summed E-state index contributed by atoms with van der Waals surface area (Å²) in [6.07, 6.45) is 4.10. The number of amides is 1. The maximum atomic E-state index is 13.6. The highest BCUT2D eigenvalue weighted by molar-refractivity contribution is 5.94. The smallest absolute Gasteiger partial charge is 0.251 e. The van der Waals surface area contributed by atoms with Crippen LogP contribution in [0.2, 0.25) is 0 Å².